The van der Waals surface area contributed by atoms with Crippen molar-refractivity contribution in [2.45, 2.75) is 111 Å². The molecule has 0 amide bonds. The lowest BCUT2D eigenvalue weighted by molar-refractivity contribution is -0.245. The fraction of sp³-hybridized carbons (Fsp3) is 0.900. The highest BCUT2D eigenvalue weighted by atomic mass is 16.4. The van der Waals surface area contributed by atoms with Gasteiger partial charge >= 0.3 is 5.97 Å². The number of fused-ring (bicyclic) bond motifs is 7. The van der Waals surface area contributed by atoms with Crippen LogP contribution >= 0.6 is 0 Å². The third kappa shape index (κ3) is 2.96. The summed E-state index contributed by atoms with van der Waals surface area (Å²) in [6, 6.07) is 0. The minimum absolute atomic E-state index is 0.0888. The summed E-state index contributed by atoms with van der Waals surface area (Å²) in [7, 11) is 0. The molecule has 6 nitrogen and oxygen atoms in total. The molecule has 5 aliphatic rings. The highest BCUT2D eigenvalue weighted by Gasteiger charge is 2.71. The normalized spacial score (nSPS) is 55.9. The van der Waals surface area contributed by atoms with Gasteiger partial charge in [0, 0.05) is 11.3 Å². The largest absolute Gasteiger partial charge is 0.481 e. The molecule has 5 rings (SSSR count). The molecule has 4 fully saturated rings. The molecule has 0 aliphatic heterocycles. The Kier molecular flexibility index (Phi) is 5.77. The Bertz CT molecular complexity index is 974. The van der Waals surface area contributed by atoms with E-state index >= 15 is 0 Å². The Labute approximate surface area is 216 Å². The van der Waals surface area contributed by atoms with Gasteiger partial charge in [0.15, 0.2) is 0 Å². The molecule has 11 atom stereocenters. The number of rotatable bonds is 2. The van der Waals surface area contributed by atoms with Crippen molar-refractivity contribution in [2.75, 3.05) is 6.61 Å². The molecule has 0 saturated heterocycles. The monoisotopic (exact) mass is 504 g/mol. The van der Waals surface area contributed by atoms with E-state index in [4.69, 9.17) is 0 Å². The molecule has 0 spiro atoms. The van der Waals surface area contributed by atoms with Crippen LogP contribution in [0.5, 0.6) is 0 Å². The smallest absolute Gasteiger partial charge is 0.310 e. The molecule has 0 radical (unpaired) electrons. The van der Waals surface area contributed by atoms with Crippen LogP contribution in [0.4, 0.5) is 0 Å². The van der Waals surface area contributed by atoms with Crippen molar-refractivity contribution >= 4 is 5.97 Å². The van der Waals surface area contributed by atoms with E-state index in [0.29, 0.717) is 25.7 Å². The van der Waals surface area contributed by atoms with Crippen LogP contribution in [0.15, 0.2) is 11.6 Å². The van der Waals surface area contributed by atoms with E-state index in [1.54, 1.807) is 0 Å². The van der Waals surface area contributed by atoms with Crippen LogP contribution in [-0.2, 0) is 4.79 Å². The summed E-state index contributed by atoms with van der Waals surface area (Å²) in [5.74, 6) is -0.833. The number of aliphatic carboxylic acids is 1. The minimum Gasteiger partial charge on any atom is -0.481 e. The molecular weight excluding hydrogens is 456 g/mol. The Morgan fingerprint density at radius 1 is 0.917 bits per heavy atom. The Morgan fingerprint density at radius 2 is 1.56 bits per heavy atom. The van der Waals surface area contributed by atoms with Gasteiger partial charge in [-0.15, -0.1) is 0 Å². The maximum atomic E-state index is 12.8. The number of carboxylic acids is 1. The van der Waals surface area contributed by atoms with E-state index in [9.17, 15) is 30.3 Å². The minimum atomic E-state index is -0.944. The zero-order valence-electron chi connectivity index (χ0n) is 23.0. The standard InChI is InChI=1S/C30H48O6/c1-25(2)11-13-30(24(35)36)14-12-28(5)17(21(30)23(25)34)7-8-20-26(3)15-18(32)22(33)27(4,16-31)19(26)9-10-29(20,28)6/h7,18-23,31-34H,8-16H2,1-6H3,(H,35,36)/t18-,19-,20-,21-,22+,23+,26+,27?,28-,29-,30+/m1/s1. The lowest BCUT2D eigenvalue weighted by Crippen LogP contribution is -2.69. The highest BCUT2D eigenvalue weighted by molar-refractivity contribution is 5.77. The fourth-order valence-corrected chi connectivity index (χ4v) is 10.8. The van der Waals surface area contributed by atoms with Crippen molar-refractivity contribution < 1.29 is 30.3 Å². The first-order valence-corrected chi connectivity index (χ1v) is 14.1. The molecule has 0 aromatic heterocycles. The maximum Gasteiger partial charge on any atom is 0.310 e. The van der Waals surface area contributed by atoms with E-state index in [2.05, 4.69) is 40.7 Å². The van der Waals surface area contributed by atoms with Crippen molar-refractivity contribution in [3.05, 3.63) is 11.6 Å². The van der Waals surface area contributed by atoms with Crippen molar-refractivity contribution in [3.8, 4) is 0 Å². The predicted octanol–water partition coefficient (Wildman–Crippen LogP) is 4.15. The highest BCUT2D eigenvalue weighted by Crippen LogP contribution is 2.75. The van der Waals surface area contributed by atoms with Crippen molar-refractivity contribution in [3.63, 3.8) is 0 Å². The van der Waals surface area contributed by atoms with Gasteiger partial charge in [0.25, 0.3) is 0 Å². The van der Waals surface area contributed by atoms with Crippen LogP contribution in [0.1, 0.15) is 92.9 Å². The predicted molar refractivity (Wildman–Crippen MR) is 137 cm³/mol. The molecule has 5 aliphatic carbocycles. The molecule has 5 N–H and O–H groups in total. The van der Waals surface area contributed by atoms with Gasteiger partial charge in [-0.05, 0) is 84.9 Å². The SMILES string of the molecule is CC1(C)CC[C@]2(C(=O)O)CC[C@]3(C)C(=CC[C@@H]4[C@@]5(C)C[C@@H](O)[C@H](O)C(C)(CO)[C@@H]5CC[C@]43C)[C@@H]2[C@@H]1O. The van der Waals surface area contributed by atoms with Gasteiger partial charge in [-0.1, -0.05) is 53.2 Å². The summed E-state index contributed by atoms with van der Waals surface area (Å²) in [4.78, 5) is 12.8. The number of carboxylic acid groups (broad SMARTS) is 1. The van der Waals surface area contributed by atoms with Gasteiger partial charge in [-0.25, -0.2) is 0 Å². The van der Waals surface area contributed by atoms with Crippen LogP contribution in [0.25, 0.3) is 0 Å². The average Bonchev–Trinajstić information content (AvgIpc) is 2.80. The van der Waals surface area contributed by atoms with Gasteiger partial charge in [0.2, 0.25) is 0 Å². The van der Waals surface area contributed by atoms with Crippen LogP contribution in [0.2, 0.25) is 0 Å². The molecule has 0 aromatic carbocycles. The van der Waals surface area contributed by atoms with E-state index in [1.807, 2.05) is 6.92 Å². The number of aliphatic hydroxyl groups is 4. The summed E-state index contributed by atoms with van der Waals surface area (Å²) >= 11 is 0. The first-order chi connectivity index (χ1) is 16.5. The lowest BCUT2D eigenvalue weighted by atomic mass is 9.33. The quantitative estimate of drug-likeness (QED) is 0.361. The number of aliphatic hydroxyl groups excluding tert-OH is 4. The average molecular weight is 505 g/mol. The second-order valence-electron chi connectivity index (χ2n) is 15.0. The molecule has 4 saturated carbocycles. The first-order valence-electron chi connectivity index (χ1n) is 14.1. The molecular formula is C30H48O6. The summed E-state index contributed by atoms with van der Waals surface area (Å²) in [6.45, 7) is 12.9. The second-order valence-corrected chi connectivity index (χ2v) is 15.0. The molecule has 0 heterocycles. The molecule has 204 valence electrons. The third-order valence-corrected chi connectivity index (χ3v) is 13.4. The van der Waals surface area contributed by atoms with Gasteiger partial charge < -0.3 is 25.5 Å². The zero-order chi connectivity index (χ0) is 26.7. The Morgan fingerprint density at radius 3 is 2.17 bits per heavy atom. The van der Waals surface area contributed by atoms with Crippen LogP contribution < -0.4 is 0 Å². The number of hydrogen-bond acceptors (Lipinski definition) is 5. The Hall–Kier alpha value is -0.950. The van der Waals surface area contributed by atoms with E-state index in [-0.39, 0.29) is 46.0 Å². The van der Waals surface area contributed by atoms with Crippen LogP contribution in [0, 0.1) is 50.2 Å². The van der Waals surface area contributed by atoms with Crippen LogP contribution in [-0.4, -0.2) is 56.4 Å². The third-order valence-electron chi connectivity index (χ3n) is 13.4. The van der Waals surface area contributed by atoms with Crippen molar-refractivity contribution in [2.24, 2.45) is 50.2 Å². The van der Waals surface area contributed by atoms with Crippen molar-refractivity contribution in [1.82, 2.24) is 0 Å². The van der Waals surface area contributed by atoms with Crippen molar-refractivity contribution in [1.29, 1.82) is 0 Å². The molecule has 0 aromatic rings. The van der Waals surface area contributed by atoms with Gasteiger partial charge in [-0.2, -0.15) is 0 Å². The summed E-state index contributed by atoms with van der Waals surface area (Å²) in [6.07, 6.45) is 5.48. The van der Waals surface area contributed by atoms with Crippen LogP contribution in [0.3, 0.4) is 0 Å². The summed E-state index contributed by atoms with van der Waals surface area (Å²) < 4.78 is 0. The van der Waals surface area contributed by atoms with Gasteiger partial charge in [0.1, 0.15) is 0 Å². The number of allylic oxidation sites excluding steroid dienone is 1. The maximum absolute atomic E-state index is 12.8. The molecule has 6 heteroatoms. The fourth-order valence-electron chi connectivity index (χ4n) is 10.8. The van der Waals surface area contributed by atoms with E-state index in [0.717, 1.165) is 31.3 Å². The van der Waals surface area contributed by atoms with E-state index < -0.39 is 35.1 Å². The van der Waals surface area contributed by atoms with Gasteiger partial charge in [-0.3, -0.25) is 4.79 Å². The second kappa shape index (κ2) is 7.80. The van der Waals surface area contributed by atoms with E-state index in [1.165, 1.54) is 0 Å². The Balaban J connectivity index is 1.63. The lowest BCUT2D eigenvalue weighted by Gasteiger charge is -2.71. The number of hydrogen-bond donors (Lipinski definition) is 5. The number of carbonyl (C=O) groups is 1. The molecule has 36 heavy (non-hydrogen) atoms. The molecule has 0 bridgehead atoms. The first kappa shape index (κ1) is 26.6. The van der Waals surface area contributed by atoms with Gasteiger partial charge in [0.05, 0.1) is 30.3 Å². The summed E-state index contributed by atoms with van der Waals surface area (Å²) in [5, 5.41) is 54.5. The zero-order valence-corrected chi connectivity index (χ0v) is 23.0. The molecule has 1 unspecified atom stereocenters. The summed E-state index contributed by atoms with van der Waals surface area (Å²) in [5.41, 5.74) is -1.50. The topological polar surface area (TPSA) is 118 Å².